The number of piperidine rings is 2. The van der Waals surface area contributed by atoms with E-state index in [1.54, 1.807) is 11.3 Å². The molecule has 2 aromatic rings. The van der Waals surface area contributed by atoms with Crippen LogP contribution in [0.4, 0.5) is 0 Å². The molecule has 35 heavy (non-hydrogen) atoms. The van der Waals surface area contributed by atoms with E-state index in [0.29, 0.717) is 31.2 Å². The lowest BCUT2D eigenvalue weighted by Crippen LogP contribution is -2.49. The van der Waals surface area contributed by atoms with Crippen molar-refractivity contribution in [3.63, 3.8) is 0 Å². The third kappa shape index (κ3) is 5.91. The number of fused-ring (bicyclic) bond motifs is 1. The van der Waals surface area contributed by atoms with Crippen LogP contribution in [0.3, 0.4) is 0 Å². The molecule has 4 heterocycles. The molecule has 6 nitrogen and oxygen atoms in total. The number of likely N-dealkylation sites (tertiary alicyclic amines) is 2. The van der Waals surface area contributed by atoms with Gasteiger partial charge >= 0.3 is 0 Å². The number of rotatable bonds is 8. The molecule has 3 aliphatic rings. The first kappa shape index (κ1) is 24.8. The fraction of sp³-hybridized carbons (Fsp3) is 0.607. The molecule has 3 aliphatic heterocycles. The Labute approximate surface area is 212 Å². The van der Waals surface area contributed by atoms with Crippen LogP contribution in [0.5, 0.6) is 0 Å². The summed E-state index contributed by atoms with van der Waals surface area (Å²) in [7, 11) is 0. The first-order chi connectivity index (χ1) is 17.2. The quantitative estimate of drug-likeness (QED) is 0.526. The van der Waals surface area contributed by atoms with Gasteiger partial charge in [0.1, 0.15) is 0 Å². The van der Waals surface area contributed by atoms with Crippen LogP contribution in [-0.4, -0.2) is 72.5 Å². The van der Waals surface area contributed by atoms with Gasteiger partial charge in [-0.05, 0) is 80.1 Å². The van der Waals surface area contributed by atoms with Crippen LogP contribution < -0.4 is 0 Å². The fourth-order valence-corrected chi connectivity index (χ4v) is 6.74. The zero-order valence-corrected chi connectivity index (χ0v) is 21.4. The van der Waals surface area contributed by atoms with E-state index in [1.165, 1.54) is 48.0 Å². The molecule has 0 spiro atoms. The Morgan fingerprint density at radius 1 is 1.09 bits per heavy atom. The van der Waals surface area contributed by atoms with Gasteiger partial charge in [0.25, 0.3) is 5.91 Å². The van der Waals surface area contributed by atoms with Crippen molar-refractivity contribution < 1.29 is 19.4 Å². The van der Waals surface area contributed by atoms with Crippen LogP contribution in [0.1, 0.15) is 62.8 Å². The van der Waals surface area contributed by atoms with Gasteiger partial charge in [0.2, 0.25) is 6.29 Å². The van der Waals surface area contributed by atoms with Crippen molar-refractivity contribution in [2.24, 2.45) is 0 Å². The van der Waals surface area contributed by atoms with Gasteiger partial charge in [-0.1, -0.05) is 24.6 Å². The minimum absolute atomic E-state index is 0.00436. The number of hydrogen-bond donors (Lipinski definition) is 1. The van der Waals surface area contributed by atoms with Gasteiger partial charge in [-0.2, -0.15) is 0 Å². The van der Waals surface area contributed by atoms with Gasteiger partial charge in [0.15, 0.2) is 5.76 Å². The first-order valence-electron chi connectivity index (χ1n) is 13.3. The molecule has 2 saturated heterocycles. The Kier molecular flexibility index (Phi) is 8.39. The van der Waals surface area contributed by atoms with Crippen LogP contribution in [-0.2, 0) is 14.3 Å². The number of hydrogen-bond acceptors (Lipinski definition) is 6. The summed E-state index contributed by atoms with van der Waals surface area (Å²) in [6, 6.07) is 9.05. The van der Waals surface area contributed by atoms with E-state index in [1.807, 2.05) is 11.0 Å². The largest absolute Gasteiger partial charge is 0.459 e. The van der Waals surface area contributed by atoms with E-state index in [0.717, 1.165) is 32.4 Å². The number of carbonyl (C=O) groups excluding carboxylic acids is 1. The second-order valence-corrected chi connectivity index (χ2v) is 10.9. The predicted octanol–water partition coefficient (Wildman–Crippen LogP) is 4.88. The minimum atomic E-state index is -0.452. The van der Waals surface area contributed by atoms with Gasteiger partial charge in [0, 0.05) is 42.8 Å². The Balaban J connectivity index is 1.29. The number of ether oxygens (including phenoxy) is 2. The molecular weight excluding hydrogens is 460 g/mol. The lowest BCUT2D eigenvalue weighted by Gasteiger charge is -2.40. The zero-order chi connectivity index (χ0) is 24.0. The standard InChI is InChI=1S/C28H38N2O4S/c31-16-6-7-17-33-27-19-21(24-20-35-26-9-3-2-8-23(24)26)18-25(34-27)28(32)30-14-10-22(11-15-30)29-12-4-1-5-13-29/h2-3,8-9,18,20-22,27,31H,1,4-7,10-17,19H2/t21-,27+/m0/s1. The normalized spacial score (nSPS) is 24.4. The lowest BCUT2D eigenvalue weighted by molar-refractivity contribution is -0.153. The molecule has 2 fully saturated rings. The van der Waals surface area contributed by atoms with Crippen LogP contribution in [0.15, 0.2) is 41.5 Å². The molecule has 0 saturated carbocycles. The highest BCUT2D eigenvalue weighted by molar-refractivity contribution is 7.17. The number of benzene rings is 1. The van der Waals surface area contributed by atoms with Crippen LogP contribution in [0.2, 0.25) is 0 Å². The highest BCUT2D eigenvalue weighted by atomic mass is 32.1. The molecule has 7 heteroatoms. The van der Waals surface area contributed by atoms with Crippen molar-refractivity contribution in [2.75, 3.05) is 39.4 Å². The van der Waals surface area contributed by atoms with Crippen molar-refractivity contribution >= 4 is 27.3 Å². The number of thiophene rings is 1. The summed E-state index contributed by atoms with van der Waals surface area (Å²) in [5, 5.41) is 12.5. The average molecular weight is 499 g/mol. The maximum atomic E-state index is 13.6. The maximum absolute atomic E-state index is 13.6. The van der Waals surface area contributed by atoms with Gasteiger partial charge in [-0.15, -0.1) is 11.3 Å². The SMILES string of the molecule is O=C(C1=C[C@H](c2csc3ccccc23)C[C@H](OCCCCO)O1)N1CCC(N2CCCCC2)CC1. The zero-order valence-electron chi connectivity index (χ0n) is 20.6. The van der Waals surface area contributed by atoms with Crippen molar-refractivity contribution in [1.82, 2.24) is 9.80 Å². The summed E-state index contributed by atoms with van der Waals surface area (Å²) in [6.07, 6.45) is 9.79. The summed E-state index contributed by atoms with van der Waals surface area (Å²) in [5.41, 5.74) is 1.24. The molecule has 0 aliphatic carbocycles. The van der Waals surface area contributed by atoms with Gasteiger partial charge in [-0.3, -0.25) is 4.79 Å². The van der Waals surface area contributed by atoms with Gasteiger partial charge in [0.05, 0.1) is 6.61 Å². The highest BCUT2D eigenvalue weighted by Crippen LogP contribution is 2.38. The number of nitrogens with zero attached hydrogens (tertiary/aromatic N) is 2. The molecule has 2 atom stereocenters. The highest BCUT2D eigenvalue weighted by Gasteiger charge is 2.34. The Hall–Kier alpha value is -1.93. The van der Waals surface area contributed by atoms with E-state index >= 15 is 0 Å². The molecular formula is C28H38N2O4S. The first-order valence-corrected chi connectivity index (χ1v) is 14.2. The minimum Gasteiger partial charge on any atom is -0.459 e. The number of unbranched alkanes of at least 4 members (excludes halogenated alkanes) is 1. The number of aliphatic hydroxyl groups is 1. The lowest BCUT2D eigenvalue weighted by atomic mass is 9.92. The third-order valence-electron chi connectivity index (χ3n) is 7.69. The van der Waals surface area contributed by atoms with Gasteiger partial charge in [-0.25, -0.2) is 0 Å². The molecule has 1 aromatic heterocycles. The Morgan fingerprint density at radius 2 is 1.89 bits per heavy atom. The van der Waals surface area contributed by atoms with E-state index in [4.69, 9.17) is 14.6 Å². The average Bonchev–Trinajstić information content (AvgIpc) is 3.35. The second kappa shape index (κ2) is 11.9. The van der Waals surface area contributed by atoms with Crippen LogP contribution >= 0.6 is 11.3 Å². The number of allylic oxidation sites excluding steroid dienone is 1. The van der Waals surface area contributed by atoms with Crippen LogP contribution in [0, 0.1) is 0 Å². The van der Waals surface area contributed by atoms with Crippen LogP contribution in [0.25, 0.3) is 10.1 Å². The molecule has 0 radical (unpaired) electrons. The van der Waals surface area contributed by atoms with E-state index in [2.05, 4.69) is 34.5 Å². The molecule has 1 aromatic carbocycles. The van der Waals surface area contributed by atoms with Crippen molar-refractivity contribution in [2.45, 2.75) is 69.6 Å². The smallest absolute Gasteiger partial charge is 0.288 e. The molecule has 1 N–H and O–H groups in total. The maximum Gasteiger partial charge on any atom is 0.288 e. The predicted molar refractivity (Wildman–Crippen MR) is 139 cm³/mol. The van der Waals surface area contributed by atoms with E-state index in [-0.39, 0.29) is 18.4 Å². The molecule has 190 valence electrons. The summed E-state index contributed by atoms with van der Waals surface area (Å²) in [6.45, 7) is 4.67. The summed E-state index contributed by atoms with van der Waals surface area (Å²) in [5.74, 6) is 0.503. The second-order valence-electron chi connectivity index (χ2n) is 10.0. The van der Waals surface area contributed by atoms with Crippen molar-refractivity contribution in [3.05, 3.63) is 47.0 Å². The topological polar surface area (TPSA) is 62.2 Å². The van der Waals surface area contributed by atoms with E-state index < -0.39 is 6.29 Å². The van der Waals surface area contributed by atoms with E-state index in [9.17, 15) is 4.79 Å². The van der Waals surface area contributed by atoms with Crippen molar-refractivity contribution in [3.8, 4) is 0 Å². The number of carbonyl (C=O) groups is 1. The molecule has 5 rings (SSSR count). The summed E-state index contributed by atoms with van der Waals surface area (Å²) in [4.78, 5) is 18.2. The van der Waals surface area contributed by atoms with Crippen molar-refractivity contribution in [1.29, 1.82) is 0 Å². The fourth-order valence-electron chi connectivity index (χ4n) is 5.72. The number of amides is 1. The number of aliphatic hydroxyl groups excluding tert-OH is 1. The third-order valence-corrected chi connectivity index (χ3v) is 8.68. The molecule has 1 amide bonds. The monoisotopic (exact) mass is 498 g/mol. The Morgan fingerprint density at radius 3 is 2.69 bits per heavy atom. The summed E-state index contributed by atoms with van der Waals surface area (Å²) < 4.78 is 13.4. The Bertz CT molecular complexity index is 1010. The molecule has 0 unspecified atom stereocenters. The van der Waals surface area contributed by atoms with Gasteiger partial charge < -0.3 is 24.4 Å². The molecule has 0 bridgehead atoms. The summed E-state index contributed by atoms with van der Waals surface area (Å²) >= 11 is 1.75.